The molecule has 3 rings (SSSR count). The maximum Gasteiger partial charge on any atom is 0.247 e. The molecule has 1 fully saturated rings. The van der Waals surface area contributed by atoms with Crippen LogP contribution in [0, 0.1) is 6.92 Å². The molecule has 26 heavy (non-hydrogen) atoms. The van der Waals surface area contributed by atoms with Crippen molar-refractivity contribution < 1.29 is 4.79 Å². The second-order valence-electron chi connectivity index (χ2n) is 6.63. The summed E-state index contributed by atoms with van der Waals surface area (Å²) in [6.45, 7) is 7.00. The molecule has 1 aliphatic rings. The number of carbonyl (C=O) groups is 1. The largest absolute Gasteiger partial charge is 0.368 e. The van der Waals surface area contributed by atoms with Gasteiger partial charge in [-0.25, -0.2) is 0 Å². The number of nitrogens with two attached hydrogens (primary N) is 1. The van der Waals surface area contributed by atoms with E-state index in [9.17, 15) is 4.79 Å². The number of hydrogen-bond acceptors (Lipinski definition) is 3. The number of nitrogens with zero attached hydrogens (tertiary/aromatic N) is 2. The summed E-state index contributed by atoms with van der Waals surface area (Å²) >= 11 is 0. The van der Waals surface area contributed by atoms with Crippen LogP contribution in [0.25, 0.3) is 0 Å². The zero-order chi connectivity index (χ0) is 17.2. The first kappa shape index (κ1) is 22.3. The SMILES string of the molecule is Cc1ccccc1N1CCN(C(=O)C(C)(N)c2ccccc2)CC1.Cl.Cl. The van der Waals surface area contributed by atoms with Gasteiger partial charge in [-0.1, -0.05) is 48.5 Å². The monoisotopic (exact) mass is 395 g/mol. The smallest absolute Gasteiger partial charge is 0.247 e. The molecule has 0 saturated carbocycles. The van der Waals surface area contributed by atoms with Crippen molar-refractivity contribution in [3.05, 3.63) is 65.7 Å². The van der Waals surface area contributed by atoms with Gasteiger partial charge in [-0.2, -0.15) is 0 Å². The van der Waals surface area contributed by atoms with Crippen LogP contribution in [0.1, 0.15) is 18.1 Å². The van der Waals surface area contributed by atoms with Gasteiger partial charge in [0.15, 0.2) is 0 Å². The number of hydrogen-bond donors (Lipinski definition) is 1. The Morgan fingerprint density at radius 1 is 0.923 bits per heavy atom. The lowest BCUT2D eigenvalue weighted by Crippen LogP contribution is -2.56. The minimum atomic E-state index is -0.980. The molecule has 6 heteroatoms. The first-order chi connectivity index (χ1) is 11.5. The van der Waals surface area contributed by atoms with Crippen molar-refractivity contribution in [1.82, 2.24) is 4.90 Å². The summed E-state index contributed by atoms with van der Waals surface area (Å²) in [5.41, 5.74) is 8.78. The zero-order valence-electron chi connectivity index (χ0n) is 15.2. The molecule has 2 aromatic carbocycles. The average Bonchev–Trinajstić information content (AvgIpc) is 2.62. The fraction of sp³-hybridized carbons (Fsp3) is 0.350. The predicted octanol–water partition coefficient (Wildman–Crippen LogP) is 3.36. The summed E-state index contributed by atoms with van der Waals surface area (Å²) < 4.78 is 0. The van der Waals surface area contributed by atoms with E-state index < -0.39 is 5.54 Å². The maximum atomic E-state index is 12.9. The molecule has 0 aromatic heterocycles. The Hall–Kier alpha value is -1.75. The van der Waals surface area contributed by atoms with E-state index in [1.54, 1.807) is 6.92 Å². The van der Waals surface area contributed by atoms with Gasteiger partial charge < -0.3 is 15.5 Å². The van der Waals surface area contributed by atoms with Crippen LogP contribution < -0.4 is 10.6 Å². The minimum absolute atomic E-state index is 0. The summed E-state index contributed by atoms with van der Waals surface area (Å²) in [6, 6.07) is 18.0. The molecule has 142 valence electrons. The molecule has 1 heterocycles. The molecule has 1 unspecified atom stereocenters. The molecule has 1 saturated heterocycles. The third-order valence-corrected chi connectivity index (χ3v) is 4.84. The average molecular weight is 396 g/mol. The normalized spacial score (nSPS) is 16.1. The number of rotatable bonds is 3. The van der Waals surface area contributed by atoms with E-state index in [1.165, 1.54) is 11.3 Å². The van der Waals surface area contributed by atoms with Gasteiger partial charge in [0.25, 0.3) is 0 Å². The van der Waals surface area contributed by atoms with Crippen LogP contribution in [0.15, 0.2) is 54.6 Å². The van der Waals surface area contributed by atoms with Crippen LogP contribution >= 0.6 is 24.8 Å². The molecule has 1 aliphatic heterocycles. The molecule has 2 aromatic rings. The Morgan fingerprint density at radius 2 is 1.46 bits per heavy atom. The lowest BCUT2D eigenvalue weighted by Gasteiger charge is -2.40. The maximum absolute atomic E-state index is 12.9. The Kier molecular flexibility index (Phi) is 7.94. The van der Waals surface area contributed by atoms with Crippen molar-refractivity contribution in [3.63, 3.8) is 0 Å². The second kappa shape index (κ2) is 9.26. The molecule has 0 bridgehead atoms. The first-order valence-electron chi connectivity index (χ1n) is 8.44. The zero-order valence-corrected chi connectivity index (χ0v) is 16.9. The van der Waals surface area contributed by atoms with E-state index in [2.05, 4.69) is 36.1 Å². The molecule has 0 aliphatic carbocycles. The molecular weight excluding hydrogens is 369 g/mol. The van der Waals surface area contributed by atoms with Gasteiger partial charge in [0.05, 0.1) is 0 Å². The summed E-state index contributed by atoms with van der Waals surface area (Å²) in [6.07, 6.45) is 0. The van der Waals surface area contributed by atoms with Crippen molar-refractivity contribution in [2.45, 2.75) is 19.4 Å². The fourth-order valence-corrected chi connectivity index (χ4v) is 3.30. The number of amides is 1. The highest BCUT2D eigenvalue weighted by atomic mass is 35.5. The van der Waals surface area contributed by atoms with Crippen LogP contribution in [0.2, 0.25) is 0 Å². The Labute approximate surface area is 168 Å². The fourth-order valence-electron chi connectivity index (χ4n) is 3.30. The molecule has 2 N–H and O–H groups in total. The highest BCUT2D eigenvalue weighted by Crippen LogP contribution is 2.24. The Bertz CT molecular complexity index is 714. The van der Waals surface area contributed by atoms with E-state index in [0.29, 0.717) is 13.1 Å². The minimum Gasteiger partial charge on any atom is -0.368 e. The van der Waals surface area contributed by atoms with Gasteiger partial charge in [0.1, 0.15) is 5.54 Å². The van der Waals surface area contributed by atoms with Crippen LogP contribution in [-0.2, 0) is 10.3 Å². The van der Waals surface area contributed by atoms with Gasteiger partial charge in [0, 0.05) is 31.9 Å². The van der Waals surface area contributed by atoms with Crippen molar-refractivity contribution in [3.8, 4) is 0 Å². The van der Waals surface area contributed by atoms with Gasteiger partial charge in [0.2, 0.25) is 5.91 Å². The second-order valence-corrected chi connectivity index (χ2v) is 6.63. The van der Waals surface area contributed by atoms with E-state index in [0.717, 1.165) is 18.7 Å². The molecule has 1 amide bonds. The number of halogens is 2. The third kappa shape index (κ3) is 4.50. The van der Waals surface area contributed by atoms with E-state index >= 15 is 0 Å². The standard InChI is InChI=1S/C20H25N3O.2ClH/c1-16-8-6-7-11-18(16)22-12-14-23(15-13-22)19(24)20(2,21)17-9-4-3-5-10-17;;/h3-11H,12-15,21H2,1-2H3;2*1H. The molecular formula is C20H27Cl2N3O. The third-order valence-electron chi connectivity index (χ3n) is 4.84. The van der Waals surface area contributed by atoms with Crippen molar-refractivity contribution in [1.29, 1.82) is 0 Å². The molecule has 0 spiro atoms. The molecule has 1 atom stereocenters. The van der Waals surface area contributed by atoms with Crippen molar-refractivity contribution in [2.24, 2.45) is 5.73 Å². The number of benzene rings is 2. The number of piperazine rings is 1. The van der Waals surface area contributed by atoms with Crippen LogP contribution in [0.5, 0.6) is 0 Å². The Morgan fingerprint density at radius 3 is 2.04 bits per heavy atom. The lowest BCUT2D eigenvalue weighted by atomic mass is 9.91. The van der Waals surface area contributed by atoms with Crippen LogP contribution in [-0.4, -0.2) is 37.0 Å². The number of anilines is 1. The summed E-state index contributed by atoms with van der Waals surface area (Å²) in [7, 11) is 0. The quantitative estimate of drug-likeness (QED) is 0.866. The summed E-state index contributed by atoms with van der Waals surface area (Å²) in [5.74, 6) is -0.00173. The van der Waals surface area contributed by atoms with E-state index in [-0.39, 0.29) is 30.7 Å². The van der Waals surface area contributed by atoms with Crippen molar-refractivity contribution >= 4 is 36.4 Å². The number of aryl methyl sites for hydroxylation is 1. The molecule has 4 nitrogen and oxygen atoms in total. The Balaban J connectivity index is 0.00000169. The lowest BCUT2D eigenvalue weighted by molar-refractivity contribution is -0.137. The number of para-hydroxylation sites is 1. The topological polar surface area (TPSA) is 49.6 Å². The summed E-state index contributed by atoms with van der Waals surface area (Å²) in [4.78, 5) is 17.1. The van der Waals surface area contributed by atoms with E-state index in [1.807, 2.05) is 35.2 Å². The highest BCUT2D eigenvalue weighted by Gasteiger charge is 2.35. The first-order valence-corrected chi connectivity index (χ1v) is 8.44. The number of carbonyl (C=O) groups excluding carboxylic acids is 1. The summed E-state index contributed by atoms with van der Waals surface area (Å²) in [5, 5.41) is 0. The molecule has 0 radical (unpaired) electrons. The van der Waals surface area contributed by atoms with Crippen LogP contribution in [0.3, 0.4) is 0 Å². The van der Waals surface area contributed by atoms with E-state index in [4.69, 9.17) is 5.73 Å². The van der Waals surface area contributed by atoms with Gasteiger partial charge in [-0.05, 0) is 31.0 Å². The van der Waals surface area contributed by atoms with Gasteiger partial charge in [-0.15, -0.1) is 24.8 Å². The van der Waals surface area contributed by atoms with Gasteiger partial charge in [-0.3, -0.25) is 4.79 Å². The predicted molar refractivity (Wildman–Crippen MR) is 112 cm³/mol. The highest BCUT2D eigenvalue weighted by molar-refractivity contribution is 5.87. The van der Waals surface area contributed by atoms with Crippen molar-refractivity contribution in [2.75, 3.05) is 31.1 Å². The van der Waals surface area contributed by atoms with Crippen LogP contribution in [0.4, 0.5) is 5.69 Å². The van der Waals surface area contributed by atoms with Gasteiger partial charge >= 0.3 is 0 Å².